The van der Waals surface area contributed by atoms with Gasteiger partial charge in [0.1, 0.15) is 0 Å². The molecule has 0 saturated carbocycles. The molecule has 0 radical (unpaired) electrons. The minimum absolute atomic E-state index is 0.346. The molecule has 3 nitrogen and oxygen atoms in total. The van der Waals surface area contributed by atoms with Crippen molar-refractivity contribution in [1.82, 2.24) is 0 Å². The molecular weight excluding hydrogens is 281 g/mol. The Labute approximate surface area is 119 Å². The largest absolute Gasteiger partial charge is 0.398 e. The Morgan fingerprint density at radius 3 is 2.48 bits per heavy atom. The van der Waals surface area contributed by atoms with Crippen molar-refractivity contribution in [2.75, 3.05) is 11.1 Å². The Kier molecular flexibility index (Phi) is 4.16. The van der Waals surface area contributed by atoms with Gasteiger partial charge in [0.15, 0.2) is 17.5 Å². The number of anilines is 2. The van der Waals surface area contributed by atoms with Gasteiger partial charge in [0.2, 0.25) is 0 Å². The van der Waals surface area contributed by atoms with Crippen LogP contribution in [0.25, 0.3) is 0 Å². The number of hydrogen-bond donors (Lipinski definition) is 2. The molecule has 0 aliphatic rings. The van der Waals surface area contributed by atoms with E-state index in [0.29, 0.717) is 17.4 Å². The lowest BCUT2D eigenvalue weighted by atomic mass is 10.1. The van der Waals surface area contributed by atoms with Gasteiger partial charge in [-0.15, -0.1) is 0 Å². The standard InChI is InChI=1S/C15H13F3N2O/c1-2-8-3-4-9(7-12(8)19)20-15(21)10-5-6-11(16)14(18)13(10)17/h3-7H,2,19H2,1H3,(H,20,21). The number of carbonyl (C=O) groups is 1. The van der Waals surface area contributed by atoms with Crippen molar-refractivity contribution in [2.24, 2.45) is 0 Å². The maximum atomic E-state index is 13.5. The van der Waals surface area contributed by atoms with Gasteiger partial charge in [0, 0.05) is 11.4 Å². The molecule has 0 heterocycles. The lowest BCUT2D eigenvalue weighted by molar-refractivity contribution is 0.102. The maximum Gasteiger partial charge on any atom is 0.258 e. The SMILES string of the molecule is CCc1ccc(NC(=O)c2ccc(F)c(F)c2F)cc1N. The van der Waals surface area contributed by atoms with Crippen LogP contribution >= 0.6 is 0 Å². The number of nitrogen functional groups attached to an aromatic ring is 1. The number of aryl methyl sites for hydroxylation is 1. The third-order valence-corrected chi connectivity index (χ3v) is 3.06. The molecule has 2 aromatic carbocycles. The van der Waals surface area contributed by atoms with E-state index in [2.05, 4.69) is 5.32 Å². The van der Waals surface area contributed by atoms with Crippen LogP contribution < -0.4 is 11.1 Å². The lowest BCUT2D eigenvalue weighted by Crippen LogP contribution is -2.15. The molecule has 0 aliphatic carbocycles. The van der Waals surface area contributed by atoms with Crippen LogP contribution in [0.15, 0.2) is 30.3 Å². The van der Waals surface area contributed by atoms with E-state index < -0.39 is 28.9 Å². The van der Waals surface area contributed by atoms with Crippen LogP contribution in [-0.2, 0) is 6.42 Å². The molecule has 6 heteroatoms. The summed E-state index contributed by atoms with van der Waals surface area (Å²) in [7, 11) is 0. The molecule has 1 amide bonds. The zero-order chi connectivity index (χ0) is 15.6. The molecule has 0 saturated heterocycles. The Bertz CT molecular complexity index is 702. The number of nitrogens with one attached hydrogen (secondary N) is 1. The maximum absolute atomic E-state index is 13.5. The van der Waals surface area contributed by atoms with Gasteiger partial charge in [-0.1, -0.05) is 13.0 Å². The average Bonchev–Trinajstić information content (AvgIpc) is 2.45. The van der Waals surface area contributed by atoms with E-state index in [-0.39, 0.29) is 0 Å². The first-order valence-electron chi connectivity index (χ1n) is 6.27. The Morgan fingerprint density at radius 1 is 1.14 bits per heavy atom. The number of benzene rings is 2. The highest BCUT2D eigenvalue weighted by Gasteiger charge is 2.18. The molecule has 2 aromatic rings. The second-order valence-electron chi connectivity index (χ2n) is 4.44. The van der Waals surface area contributed by atoms with Gasteiger partial charge in [0.05, 0.1) is 5.56 Å². The monoisotopic (exact) mass is 294 g/mol. The zero-order valence-electron chi connectivity index (χ0n) is 11.2. The van der Waals surface area contributed by atoms with Crippen LogP contribution in [0.1, 0.15) is 22.8 Å². The predicted molar refractivity (Wildman–Crippen MR) is 74.5 cm³/mol. The van der Waals surface area contributed by atoms with Crippen LogP contribution in [0, 0.1) is 17.5 Å². The van der Waals surface area contributed by atoms with Crippen LogP contribution in [0.2, 0.25) is 0 Å². The molecule has 0 aliphatic heterocycles. The van der Waals surface area contributed by atoms with Crippen LogP contribution in [0.3, 0.4) is 0 Å². The minimum atomic E-state index is -1.68. The van der Waals surface area contributed by atoms with Gasteiger partial charge in [0.25, 0.3) is 5.91 Å². The van der Waals surface area contributed by atoms with Gasteiger partial charge in [-0.25, -0.2) is 13.2 Å². The van der Waals surface area contributed by atoms with E-state index in [1.807, 2.05) is 6.92 Å². The molecule has 0 unspecified atom stereocenters. The van der Waals surface area contributed by atoms with Gasteiger partial charge in [-0.3, -0.25) is 4.79 Å². The van der Waals surface area contributed by atoms with Gasteiger partial charge < -0.3 is 11.1 Å². The number of halogens is 3. The first kappa shape index (κ1) is 14.9. The molecule has 0 atom stereocenters. The van der Waals surface area contributed by atoms with E-state index in [1.165, 1.54) is 6.07 Å². The molecule has 2 rings (SSSR count). The van der Waals surface area contributed by atoms with Crippen molar-refractivity contribution in [2.45, 2.75) is 13.3 Å². The van der Waals surface area contributed by atoms with E-state index in [9.17, 15) is 18.0 Å². The number of amides is 1. The molecule has 21 heavy (non-hydrogen) atoms. The fourth-order valence-corrected chi connectivity index (χ4v) is 1.89. The third-order valence-electron chi connectivity index (χ3n) is 3.06. The highest BCUT2D eigenvalue weighted by Crippen LogP contribution is 2.20. The first-order chi connectivity index (χ1) is 9.93. The van der Waals surface area contributed by atoms with Crippen LogP contribution in [0.4, 0.5) is 24.5 Å². The third kappa shape index (κ3) is 2.99. The summed E-state index contributed by atoms with van der Waals surface area (Å²) in [6.07, 6.45) is 0.734. The molecule has 110 valence electrons. The van der Waals surface area contributed by atoms with Crippen molar-refractivity contribution in [3.05, 3.63) is 58.9 Å². The van der Waals surface area contributed by atoms with E-state index in [1.54, 1.807) is 12.1 Å². The fraction of sp³-hybridized carbons (Fsp3) is 0.133. The highest BCUT2D eigenvalue weighted by molar-refractivity contribution is 6.04. The molecule has 0 fully saturated rings. The highest BCUT2D eigenvalue weighted by atomic mass is 19.2. The molecule has 3 N–H and O–H groups in total. The van der Waals surface area contributed by atoms with Gasteiger partial charge >= 0.3 is 0 Å². The summed E-state index contributed by atoms with van der Waals surface area (Å²) >= 11 is 0. The fourth-order valence-electron chi connectivity index (χ4n) is 1.89. The normalized spacial score (nSPS) is 10.5. The molecule has 0 aromatic heterocycles. The van der Waals surface area contributed by atoms with E-state index in [4.69, 9.17) is 5.73 Å². The van der Waals surface area contributed by atoms with E-state index >= 15 is 0 Å². The number of carbonyl (C=O) groups excluding carboxylic acids is 1. The summed E-state index contributed by atoms with van der Waals surface area (Å²) in [5.41, 5.74) is 6.95. The van der Waals surface area contributed by atoms with Crippen LogP contribution in [0.5, 0.6) is 0 Å². The number of nitrogens with two attached hydrogens (primary N) is 1. The molecule has 0 bridgehead atoms. The molecule has 0 spiro atoms. The quantitative estimate of drug-likeness (QED) is 0.672. The molecular formula is C15H13F3N2O. The second-order valence-corrected chi connectivity index (χ2v) is 4.44. The van der Waals surface area contributed by atoms with Crippen molar-refractivity contribution in [3.63, 3.8) is 0 Å². The van der Waals surface area contributed by atoms with Crippen molar-refractivity contribution in [1.29, 1.82) is 0 Å². The van der Waals surface area contributed by atoms with E-state index in [0.717, 1.165) is 18.1 Å². The van der Waals surface area contributed by atoms with Gasteiger partial charge in [-0.2, -0.15) is 0 Å². The summed E-state index contributed by atoms with van der Waals surface area (Å²) in [4.78, 5) is 11.9. The summed E-state index contributed by atoms with van der Waals surface area (Å²) in [5, 5.41) is 2.39. The van der Waals surface area contributed by atoms with Gasteiger partial charge in [-0.05, 0) is 36.2 Å². The number of hydrogen-bond acceptors (Lipinski definition) is 2. The average molecular weight is 294 g/mol. The Hall–Kier alpha value is -2.50. The topological polar surface area (TPSA) is 55.1 Å². The first-order valence-corrected chi connectivity index (χ1v) is 6.27. The zero-order valence-corrected chi connectivity index (χ0v) is 11.2. The Morgan fingerprint density at radius 2 is 1.86 bits per heavy atom. The summed E-state index contributed by atoms with van der Waals surface area (Å²) in [6.45, 7) is 1.93. The Balaban J connectivity index is 2.26. The predicted octanol–water partition coefficient (Wildman–Crippen LogP) is 3.50. The summed E-state index contributed by atoms with van der Waals surface area (Å²) in [6, 6.07) is 6.43. The summed E-state index contributed by atoms with van der Waals surface area (Å²) in [5.74, 6) is -5.43. The minimum Gasteiger partial charge on any atom is -0.398 e. The van der Waals surface area contributed by atoms with Crippen molar-refractivity contribution >= 4 is 17.3 Å². The van der Waals surface area contributed by atoms with Crippen molar-refractivity contribution < 1.29 is 18.0 Å². The second kappa shape index (κ2) is 5.87. The van der Waals surface area contributed by atoms with Crippen molar-refractivity contribution in [3.8, 4) is 0 Å². The number of rotatable bonds is 3. The smallest absolute Gasteiger partial charge is 0.258 e. The lowest BCUT2D eigenvalue weighted by Gasteiger charge is -2.09. The summed E-state index contributed by atoms with van der Waals surface area (Å²) < 4.78 is 39.4. The van der Waals surface area contributed by atoms with Crippen LogP contribution in [-0.4, -0.2) is 5.91 Å².